The van der Waals surface area contributed by atoms with Crippen molar-refractivity contribution in [2.45, 2.75) is 20.3 Å². The highest BCUT2D eigenvalue weighted by atomic mass is 79.9. The molecule has 0 unspecified atom stereocenters. The number of halogens is 1. The van der Waals surface area contributed by atoms with Gasteiger partial charge in [-0.05, 0) is 54.4 Å². The van der Waals surface area contributed by atoms with Crippen LogP contribution < -0.4 is 10.7 Å². The first kappa shape index (κ1) is 26.9. The number of hydrazine groups is 1. The van der Waals surface area contributed by atoms with E-state index >= 15 is 0 Å². The number of carbonyl (C=O) groups is 5. The zero-order valence-corrected chi connectivity index (χ0v) is 21.4. The van der Waals surface area contributed by atoms with E-state index in [2.05, 4.69) is 26.7 Å². The largest absolute Gasteiger partial charge is 0.462 e. The molecular weight excluding hydrogens is 534 g/mol. The second-order valence-electron chi connectivity index (χ2n) is 8.58. The van der Waals surface area contributed by atoms with Gasteiger partial charge in [-0.25, -0.2) is 4.79 Å². The maximum atomic E-state index is 12.4. The summed E-state index contributed by atoms with van der Waals surface area (Å²) in [7, 11) is 0. The van der Waals surface area contributed by atoms with E-state index in [1.165, 1.54) is 24.3 Å². The van der Waals surface area contributed by atoms with Crippen LogP contribution in [0.4, 0.5) is 5.69 Å². The number of carbonyl (C=O) groups excluding carboxylic acids is 5. The SMILES string of the molecule is CC(C)COC(=O)c1ccc(NC(=O)COC(=O)[C@H]2CC(=O)N(NC(=O)c3ccc(Br)cc3)C2)cc1. The van der Waals surface area contributed by atoms with Crippen molar-refractivity contribution < 1.29 is 33.4 Å². The van der Waals surface area contributed by atoms with Crippen molar-refractivity contribution in [3.05, 3.63) is 64.1 Å². The fourth-order valence-electron chi connectivity index (χ4n) is 3.23. The molecule has 1 aliphatic rings. The van der Waals surface area contributed by atoms with Gasteiger partial charge in [-0.2, -0.15) is 0 Å². The van der Waals surface area contributed by atoms with E-state index in [4.69, 9.17) is 9.47 Å². The predicted octanol–water partition coefficient (Wildman–Crippen LogP) is 2.94. The zero-order valence-electron chi connectivity index (χ0n) is 19.8. The summed E-state index contributed by atoms with van der Waals surface area (Å²) in [6.07, 6.45) is -0.143. The van der Waals surface area contributed by atoms with Crippen molar-refractivity contribution in [1.29, 1.82) is 0 Å². The second kappa shape index (κ2) is 12.3. The molecule has 11 heteroatoms. The van der Waals surface area contributed by atoms with Gasteiger partial charge in [0.05, 0.1) is 24.6 Å². The Bertz CT molecular complexity index is 1130. The highest BCUT2D eigenvalue weighted by molar-refractivity contribution is 9.10. The number of benzene rings is 2. The van der Waals surface area contributed by atoms with Gasteiger partial charge in [-0.1, -0.05) is 29.8 Å². The fraction of sp³-hybridized carbons (Fsp3) is 0.320. The van der Waals surface area contributed by atoms with Crippen molar-refractivity contribution in [3.63, 3.8) is 0 Å². The molecule has 0 radical (unpaired) electrons. The Morgan fingerprint density at radius 2 is 1.64 bits per heavy atom. The maximum Gasteiger partial charge on any atom is 0.338 e. The van der Waals surface area contributed by atoms with Crippen LogP contribution in [0.5, 0.6) is 0 Å². The van der Waals surface area contributed by atoms with Gasteiger partial charge >= 0.3 is 11.9 Å². The average Bonchev–Trinajstić information content (AvgIpc) is 3.21. The molecule has 0 saturated carbocycles. The Kier molecular flexibility index (Phi) is 9.18. The van der Waals surface area contributed by atoms with Crippen LogP contribution in [0.25, 0.3) is 0 Å². The van der Waals surface area contributed by atoms with Gasteiger partial charge in [0.1, 0.15) is 0 Å². The normalized spacial score (nSPS) is 14.9. The van der Waals surface area contributed by atoms with E-state index in [1.807, 2.05) is 13.8 Å². The van der Waals surface area contributed by atoms with E-state index in [1.54, 1.807) is 24.3 Å². The first-order valence-corrected chi connectivity index (χ1v) is 12.0. The number of amides is 3. The highest BCUT2D eigenvalue weighted by Gasteiger charge is 2.36. The van der Waals surface area contributed by atoms with Crippen LogP contribution in [0.1, 0.15) is 41.0 Å². The molecule has 10 nitrogen and oxygen atoms in total. The van der Waals surface area contributed by atoms with E-state index in [9.17, 15) is 24.0 Å². The molecule has 190 valence electrons. The van der Waals surface area contributed by atoms with Crippen LogP contribution in [-0.4, -0.2) is 54.4 Å². The third kappa shape index (κ3) is 7.64. The standard InChI is InChI=1S/C25H26BrN3O7/c1-15(2)13-35-24(33)17-5-9-20(10-6-17)27-21(30)14-36-25(34)18-11-22(31)29(12-18)28-23(32)16-3-7-19(26)8-4-16/h3-10,15,18H,11-14H2,1-2H3,(H,27,30)(H,28,32)/t18-/m0/s1. The molecule has 1 heterocycles. The average molecular weight is 560 g/mol. The number of nitrogens with one attached hydrogen (secondary N) is 2. The first-order chi connectivity index (χ1) is 17.1. The molecule has 36 heavy (non-hydrogen) atoms. The molecule has 1 fully saturated rings. The number of esters is 2. The molecule has 2 N–H and O–H groups in total. The summed E-state index contributed by atoms with van der Waals surface area (Å²) in [4.78, 5) is 61.0. The Labute approximate surface area is 216 Å². The molecular formula is C25H26BrN3O7. The topological polar surface area (TPSA) is 131 Å². The monoisotopic (exact) mass is 559 g/mol. The van der Waals surface area contributed by atoms with Crippen LogP contribution in [0.3, 0.4) is 0 Å². The molecule has 0 spiro atoms. The van der Waals surface area contributed by atoms with Gasteiger partial charge in [-0.3, -0.25) is 29.6 Å². The lowest BCUT2D eigenvalue weighted by atomic mass is 10.1. The minimum Gasteiger partial charge on any atom is -0.462 e. The van der Waals surface area contributed by atoms with Crippen LogP contribution >= 0.6 is 15.9 Å². The van der Waals surface area contributed by atoms with Crippen LogP contribution in [0.2, 0.25) is 0 Å². The van der Waals surface area contributed by atoms with Crippen molar-refractivity contribution in [2.75, 3.05) is 25.1 Å². The summed E-state index contributed by atoms with van der Waals surface area (Å²) >= 11 is 3.28. The third-order valence-corrected chi connectivity index (χ3v) is 5.63. The van der Waals surface area contributed by atoms with Gasteiger partial charge in [0.2, 0.25) is 5.91 Å². The molecule has 0 bridgehead atoms. The lowest BCUT2D eigenvalue weighted by Crippen LogP contribution is -2.43. The highest BCUT2D eigenvalue weighted by Crippen LogP contribution is 2.19. The Morgan fingerprint density at radius 3 is 2.28 bits per heavy atom. The van der Waals surface area contributed by atoms with E-state index < -0.39 is 42.2 Å². The van der Waals surface area contributed by atoms with Crippen molar-refractivity contribution >= 4 is 51.3 Å². The quantitative estimate of drug-likeness (QED) is 0.451. The molecule has 0 aliphatic carbocycles. The molecule has 0 aromatic heterocycles. The molecule has 2 aromatic rings. The van der Waals surface area contributed by atoms with Crippen molar-refractivity contribution in [1.82, 2.24) is 10.4 Å². The lowest BCUT2D eigenvalue weighted by Gasteiger charge is -2.17. The predicted molar refractivity (Wildman–Crippen MR) is 133 cm³/mol. The Hall–Kier alpha value is -3.73. The van der Waals surface area contributed by atoms with Crippen LogP contribution in [0, 0.1) is 11.8 Å². The fourth-order valence-corrected chi connectivity index (χ4v) is 3.49. The second-order valence-corrected chi connectivity index (χ2v) is 9.49. The summed E-state index contributed by atoms with van der Waals surface area (Å²) in [5.74, 6) is -3.26. The first-order valence-electron chi connectivity index (χ1n) is 11.2. The summed E-state index contributed by atoms with van der Waals surface area (Å²) in [6.45, 7) is 3.57. The van der Waals surface area contributed by atoms with Gasteiger partial charge in [0, 0.05) is 22.1 Å². The Balaban J connectivity index is 1.43. The maximum absolute atomic E-state index is 12.4. The molecule has 1 saturated heterocycles. The van der Waals surface area contributed by atoms with Crippen molar-refractivity contribution in [2.24, 2.45) is 11.8 Å². The summed E-state index contributed by atoms with van der Waals surface area (Å²) in [5, 5.41) is 3.64. The van der Waals surface area contributed by atoms with E-state index in [0.29, 0.717) is 23.4 Å². The molecule has 1 atom stereocenters. The molecule has 1 aliphatic heterocycles. The summed E-state index contributed by atoms with van der Waals surface area (Å²) in [6, 6.07) is 12.7. The summed E-state index contributed by atoms with van der Waals surface area (Å²) in [5.41, 5.74) is 3.60. The molecule has 3 amide bonds. The molecule has 2 aromatic carbocycles. The number of anilines is 1. The molecule has 3 rings (SSSR count). The minimum absolute atomic E-state index is 0.0596. The van der Waals surface area contributed by atoms with Gasteiger partial charge in [0.15, 0.2) is 6.61 Å². The zero-order chi connectivity index (χ0) is 26.2. The smallest absolute Gasteiger partial charge is 0.338 e. The van der Waals surface area contributed by atoms with E-state index in [0.717, 1.165) is 9.48 Å². The van der Waals surface area contributed by atoms with Gasteiger partial charge in [-0.15, -0.1) is 0 Å². The lowest BCUT2D eigenvalue weighted by molar-refractivity contribution is -0.151. The number of nitrogens with zero attached hydrogens (tertiary/aromatic N) is 1. The number of hydrogen-bond donors (Lipinski definition) is 2. The van der Waals surface area contributed by atoms with Crippen LogP contribution in [-0.2, 0) is 23.9 Å². The Morgan fingerprint density at radius 1 is 1.00 bits per heavy atom. The number of rotatable bonds is 9. The van der Waals surface area contributed by atoms with Gasteiger partial charge in [0.25, 0.3) is 11.8 Å². The van der Waals surface area contributed by atoms with Crippen LogP contribution in [0.15, 0.2) is 53.0 Å². The van der Waals surface area contributed by atoms with E-state index in [-0.39, 0.29) is 18.9 Å². The number of ether oxygens (including phenoxy) is 2. The third-order valence-electron chi connectivity index (χ3n) is 5.10. The summed E-state index contributed by atoms with van der Waals surface area (Å²) < 4.78 is 11.0. The van der Waals surface area contributed by atoms with Gasteiger partial charge < -0.3 is 14.8 Å². The van der Waals surface area contributed by atoms with Crippen molar-refractivity contribution in [3.8, 4) is 0 Å². The number of hydrogen-bond acceptors (Lipinski definition) is 7. The minimum atomic E-state index is -0.813.